The molecule has 0 aliphatic heterocycles. The van der Waals surface area contributed by atoms with Crippen LogP contribution in [0.25, 0.3) is 12.2 Å². The highest BCUT2D eigenvalue weighted by Gasteiger charge is 2.18. The lowest BCUT2D eigenvalue weighted by Gasteiger charge is -2.22. The van der Waals surface area contributed by atoms with Gasteiger partial charge in [-0.25, -0.2) is 0 Å². The van der Waals surface area contributed by atoms with Crippen molar-refractivity contribution in [2.24, 2.45) is 0 Å². The zero-order valence-electron chi connectivity index (χ0n) is 12.6. The molecule has 1 aliphatic rings. The third-order valence-electron chi connectivity index (χ3n) is 4.39. The van der Waals surface area contributed by atoms with Crippen LogP contribution in [0, 0.1) is 0 Å². The van der Waals surface area contributed by atoms with Gasteiger partial charge in [-0.1, -0.05) is 32.4 Å². The molecule has 0 amide bonds. The quantitative estimate of drug-likeness (QED) is 0.775. The molecule has 2 atom stereocenters. The maximum absolute atomic E-state index is 3.47. The minimum absolute atomic E-state index is 0.634. The molecule has 1 aromatic rings. The van der Waals surface area contributed by atoms with E-state index in [2.05, 4.69) is 49.5 Å². The summed E-state index contributed by atoms with van der Waals surface area (Å²) in [5.41, 5.74) is 1.54. The second-order valence-electron chi connectivity index (χ2n) is 5.67. The molecule has 106 valence electrons. The van der Waals surface area contributed by atoms with Crippen LogP contribution in [0.1, 0.15) is 63.9 Å². The van der Waals surface area contributed by atoms with E-state index in [-0.39, 0.29) is 0 Å². The summed E-state index contributed by atoms with van der Waals surface area (Å²) in [6.45, 7) is 4.57. The Bertz CT molecular complexity index is 494. The van der Waals surface area contributed by atoms with Crippen LogP contribution in [0.4, 0.5) is 0 Å². The normalized spacial score (nSPS) is 17.2. The van der Waals surface area contributed by atoms with Crippen molar-refractivity contribution >= 4 is 12.2 Å². The van der Waals surface area contributed by atoms with Crippen LogP contribution in [-0.4, -0.2) is 18.1 Å². The van der Waals surface area contributed by atoms with Crippen LogP contribution in [0.15, 0.2) is 6.20 Å². The maximum Gasteiger partial charge on any atom is 0.0413 e. The van der Waals surface area contributed by atoms with Crippen LogP contribution in [-0.2, 0) is 0 Å². The molecule has 0 aromatic carbocycles. The first-order valence-corrected chi connectivity index (χ1v) is 7.85. The van der Waals surface area contributed by atoms with Gasteiger partial charge in [-0.15, -0.1) is 0 Å². The van der Waals surface area contributed by atoms with E-state index in [0.29, 0.717) is 12.0 Å². The van der Waals surface area contributed by atoms with E-state index >= 15 is 0 Å². The first-order valence-electron chi connectivity index (χ1n) is 7.85. The first kappa shape index (κ1) is 14.4. The Morgan fingerprint density at radius 3 is 2.74 bits per heavy atom. The lowest BCUT2D eigenvalue weighted by molar-refractivity contribution is 0.438. The Morgan fingerprint density at radius 1 is 1.26 bits per heavy atom. The number of H-pyrrole nitrogens is 1. The summed E-state index contributed by atoms with van der Waals surface area (Å²) < 4.78 is 0. The predicted octanol–water partition coefficient (Wildman–Crippen LogP) is 2.64. The van der Waals surface area contributed by atoms with Gasteiger partial charge in [-0.05, 0) is 55.9 Å². The average molecular weight is 260 g/mol. The van der Waals surface area contributed by atoms with Crippen molar-refractivity contribution in [3.8, 4) is 0 Å². The molecule has 1 aromatic heterocycles. The van der Waals surface area contributed by atoms with Crippen LogP contribution in [0.3, 0.4) is 0 Å². The fourth-order valence-electron chi connectivity index (χ4n) is 3.24. The van der Waals surface area contributed by atoms with Crippen molar-refractivity contribution in [1.29, 1.82) is 0 Å². The predicted molar refractivity (Wildman–Crippen MR) is 83.6 cm³/mol. The van der Waals surface area contributed by atoms with E-state index < -0.39 is 0 Å². The van der Waals surface area contributed by atoms with Crippen LogP contribution >= 0.6 is 0 Å². The summed E-state index contributed by atoms with van der Waals surface area (Å²) in [5.74, 6) is 0.685. The van der Waals surface area contributed by atoms with Crippen LogP contribution in [0.2, 0.25) is 0 Å². The van der Waals surface area contributed by atoms with Crippen molar-refractivity contribution in [3.63, 3.8) is 0 Å². The van der Waals surface area contributed by atoms with E-state index in [1.165, 1.54) is 49.1 Å². The zero-order chi connectivity index (χ0) is 13.7. The standard InChI is InChI=1S/C17H28N2/c1-4-8-13(11-14(5-2)18-3)16-12-19-17-10-7-6-9-15(16)17/h9-10,12-14,18-19H,4-8,11H2,1-3H3. The number of aromatic nitrogens is 1. The SMILES string of the molecule is CCCC(CC(CC)NC)c1c[nH]c2c1=CCCC=2. The minimum atomic E-state index is 0.634. The number of aromatic amines is 1. The molecule has 0 saturated carbocycles. The molecule has 0 fully saturated rings. The Balaban J connectivity index is 2.27. The zero-order valence-corrected chi connectivity index (χ0v) is 12.6. The summed E-state index contributed by atoms with van der Waals surface area (Å²) in [6.07, 6.45) is 14.4. The Morgan fingerprint density at radius 2 is 2.05 bits per heavy atom. The Kier molecular flexibility index (Phi) is 5.26. The number of fused-ring (bicyclic) bond motifs is 1. The highest BCUT2D eigenvalue weighted by molar-refractivity contribution is 5.40. The van der Waals surface area contributed by atoms with Gasteiger partial charge >= 0.3 is 0 Å². The number of rotatable bonds is 7. The van der Waals surface area contributed by atoms with Gasteiger partial charge in [0.25, 0.3) is 0 Å². The summed E-state index contributed by atoms with van der Waals surface area (Å²) in [4.78, 5) is 3.47. The van der Waals surface area contributed by atoms with Crippen molar-refractivity contribution in [2.45, 2.75) is 64.3 Å². The van der Waals surface area contributed by atoms with Gasteiger partial charge in [0.2, 0.25) is 0 Å². The first-order chi connectivity index (χ1) is 9.30. The minimum Gasteiger partial charge on any atom is -0.361 e. The van der Waals surface area contributed by atoms with Crippen LogP contribution in [0.5, 0.6) is 0 Å². The number of hydrogen-bond donors (Lipinski definition) is 2. The molecule has 2 rings (SSSR count). The smallest absolute Gasteiger partial charge is 0.0413 e. The molecule has 0 bridgehead atoms. The van der Waals surface area contributed by atoms with Gasteiger partial charge in [0.15, 0.2) is 0 Å². The van der Waals surface area contributed by atoms with Gasteiger partial charge in [-0.2, -0.15) is 0 Å². The largest absolute Gasteiger partial charge is 0.361 e. The highest BCUT2D eigenvalue weighted by atomic mass is 14.9. The van der Waals surface area contributed by atoms with Gasteiger partial charge in [0, 0.05) is 17.6 Å². The Hall–Kier alpha value is -1.02. The molecular weight excluding hydrogens is 232 g/mol. The average Bonchev–Trinajstić information content (AvgIpc) is 2.87. The van der Waals surface area contributed by atoms with Crippen molar-refractivity contribution in [3.05, 3.63) is 22.3 Å². The molecule has 2 unspecified atom stereocenters. The monoisotopic (exact) mass is 260 g/mol. The third kappa shape index (κ3) is 3.30. The van der Waals surface area contributed by atoms with Gasteiger partial charge in [0.05, 0.1) is 0 Å². The lowest BCUT2D eigenvalue weighted by Crippen LogP contribution is -2.31. The molecule has 1 heterocycles. The topological polar surface area (TPSA) is 27.8 Å². The van der Waals surface area contributed by atoms with E-state index in [4.69, 9.17) is 0 Å². The molecule has 0 spiro atoms. The second kappa shape index (κ2) is 6.95. The summed E-state index contributed by atoms with van der Waals surface area (Å²) in [7, 11) is 2.09. The van der Waals surface area contributed by atoms with Gasteiger partial charge < -0.3 is 10.3 Å². The molecule has 1 aliphatic carbocycles. The van der Waals surface area contributed by atoms with E-state index in [1.54, 1.807) is 5.56 Å². The molecular formula is C17H28N2. The number of nitrogens with one attached hydrogen (secondary N) is 2. The summed E-state index contributed by atoms with van der Waals surface area (Å²) in [6, 6.07) is 0.634. The fourth-order valence-corrected chi connectivity index (χ4v) is 3.24. The summed E-state index contributed by atoms with van der Waals surface area (Å²) in [5, 5.41) is 6.28. The van der Waals surface area contributed by atoms with Crippen molar-refractivity contribution in [2.75, 3.05) is 7.05 Å². The van der Waals surface area contributed by atoms with Crippen molar-refractivity contribution in [1.82, 2.24) is 10.3 Å². The van der Waals surface area contributed by atoms with Crippen LogP contribution < -0.4 is 15.9 Å². The van der Waals surface area contributed by atoms with Gasteiger partial charge in [0.1, 0.15) is 0 Å². The van der Waals surface area contributed by atoms with E-state index in [0.717, 1.165) is 0 Å². The molecule has 19 heavy (non-hydrogen) atoms. The fraction of sp³-hybridized carbons (Fsp3) is 0.647. The van der Waals surface area contributed by atoms with Crippen molar-refractivity contribution < 1.29 is 0 Å². The summed E-state index contributed by atoms with van der Waals surface area (Å²) >= 11 is 0. The van der Waals surface area contributed by atoms with E-state index in [1.807, 2.05) is 0 Å². The molecule has 2 nitrogen and oxygen atoms in total. The highest BCUT2D eigenvalue weighted by Crippen LogP contribution is 2.24. The lowest BCUT2D eigenvalue weighted by atomic mass is 9.87. The van der Waals surface area contributed by atoms with Gasteiger partial charge in [-0.3, -0.25) is 0 Å². The number of hydrogen-bond acceptors (Lipinski definition) is 1. The Labute approximate surface area is 117 Å². The maximum atomic E-state index is 3.47. The van der Waals surface area contributed by atoms with E-state index in [9.17, 15) is 0 Å². The second-order valence-corrected chi connectivity index (χ2v) is 5.67. The molecule has 0 radical (unpaired) electrons. The molecule has 2 N–H and O–H groups in total. The third-order valence-corrected chi connectivity index (χ3v) is 4.39. The molecule has 2 heteroatoms. The molecule has 0 saturated heterocycles.